The van der Waals surface area contributed by atoms with Gasteiger partial charge < -0.3 is 25.4 Å². The predicted octanol–water partition coefficient (Wildman–Crippen LogP) is 5.31. The Labute approximate surface area is 217 Å². The minimum atomic E-state index is -1.05. The number of alkyl carbamates (subject to hydrolysis) is 1. The van der Waals surface area contributed by atoms with Gasteiger partial charge >= 0.3 is 6.09 Å². The Balaban J connectivity index is 3.47. The lowest BCUT2D eigenvalue weighted by Crippen LogP contribution is -2.55. The van der Waals surface area contributed by atoms with Gasteiger partial charge in [-0.1, -0.05) is 58.7 Å². The third kappa shape index (κ3) is 10.1. The van der Waals surface area contributed by atoms with Crippen LogP contribution in [0.4, 0.5) is 4.79 Å². The highest BCUT2D eigenvalue weighted by Gasteiger charge is 2.39. The van der Waals surface area contributed by atoms with Crippen molar-refractivity contribution in [1.82, 2.24) is 15.5 Å². The van der Waals surface area contributed by atoms with Gasteiger partial charge in [0.2, 0.25) is 11.8 Å². The van der Waals surface area contributed by atoms with Crippen molar-refractivity contribution in [1.29, 1.82) is 0 Å². The summed E-state index contributed by atoms with van der Waals surface area (Å²) in [5, 5.41) is 16.4. The first kappa shape index (κ1) is 31.3. The monoisotopic (exact) mass is 505 g/mol. The Bertz CT molecular complexity index is 850. The lowest BCUT2D eigenvalue weighted by atomic mass is 9.96. The minimum absolute atomic E-state index is 0.0622. The van der Waals surface area contributed by atoms with Crippen LogP contribution in [0.2, 0.25) is 0 Å². The highest BCUT2D eigenvalue weighted by molar-refractivity contribution is 5.92. The van der Waals surface area contributed by atoms with Crippen molar-refractivity contribution in [3.8, 4) is 5.75 Å². The molecule has 0 radical (unpaired) electrons. The molecular weight excluding hydrogens is 458 g/mol. The zero-order valence-corrected chi connectivity index (χ0v) is 23.4. The van der Waals surface area contributed by atoms with E-state index >= 15 is 0 Å². The summed E-state index contributed by atoms with van der Waals surface area (Å²) in [7, 11) is 0. The maximum atomic E-state index is 14.1. The van der Waals surface area contributed by atoms with Gasteiger partial charge in [0, 0.05) is 18.2 Å². The summed E-state index contributed by atoms with van der Waals surface area (Å²) >= 11 is 0. The molecule has 1 aromatic rings. The zero-order valence-electron chi connectivity index (χ0n) is 23.4. The minimum Gasteiger partial charge on any atom is -0.508 e. The van der Waals surface area contributed by atoms with E-state index in [1.165, 1.54) is 11.0 Å². The van der Waals surface area contributed by atoms with E-state index in [9.17, 15) is 19.5 Å². The van der Waals surface area contributed by atoms with Crippen LogP contribution in [0.5, 0.6) is 5.75 Å². The molecule has 0 aliphatic heterocycles. The number of nitrogens with one attached hydrogen (secondary N) is 2. The van der Waals surface area contributed by atoms with Crippen molar-refractivity contribution in [3.05, 3.63) is 29.8 Å². The molecule has 0 aliphatic carbocycles. The largest absolute Gasteiger partial charge is 0.508 e. The predicted molar refractivity (Wildman–Crippen MR) is 143 cm³/mol. The van der Waals surface area contributed by atoms with E-state index in [0.29, 0.717) is 24.9 Å². The van der Waals surface area contributed by atoms with Gasteiger partial charge in [-0.25, -0.2) is 4.79 Å². The van der Waals surface area contributed by atoms with Crippen molar-refractivity contribution in [2.45, 2.75) is 111 Å². The number of benzene rings is 1. The normalized spacial score (nSPS) is 14.0. The number of amides is 3. The van der Waals surface area contributed by atoms with Crippen LogP contribution >= 0.6 is 0 Å². The van der Waals surface area contributed by atoms with Crippen LogP contribution < -0.4 is 10.6 Å². The molecule has 0 spiro atoms. The molecule has 0 saturated heterocycles. The van der Waals surface area contributed by atoms with Crippen LogP contribution in [0.1, 0.15) is 99.1 Å². The Morgan fingerprint density at radius 3 is 2.22 bits per heavy atom. The van der Waals surface area contributed by atoms with Crippen molar-refractivity contribution >= 4 is 17.9 Å². The number of unbranched alkanes of at least 4 members (excludes halogenated alkanes) is 2. The van der Waals surface area contributed by atoms with Crippen LogP contribution in [0.25, 0.3) is 0 Å². The number of phenolic OH excluding ortho intramolecular Hbond substituents is 1. The third-order valence-corrected chi connectivity index (χ3v) is 5.85. The fraction of sp³-hybridized carbons (Fsp3) is 0.679. The lowest BCUT2D eigenvalue weighted by molar-refractivity contribution is -0.145. The highest BCUT2D eigenvalue weighted by Crippen LogP contribution is 2.32. The second-order valence-electron chi connectivity index (χ2n) is 10.8. The molecule has 0 fully saturated rings. The number of para-hydroxylation sites is 1. The smallest absolute Gasteiger partial charge is 0.408 e. The van der Waals surface area contributed by atoms with Gasteiger partial charge in [0.05, 0.1) is 0 Å². The summed E-state index contributed by atoms with van der Waals surface area (Å²) in [5.41, 5.74) is -0.373. The molecule has 0 aliphatic rings. The van der Waals surface area contributed by atoms with E-state index in [1.54, 1.807) is 39.0 Å². The molecule has 0 bridgehead atoms. The molecule has 0 heterocycles. The van der Waals surface area contributed by atoms with E-state index in [0.717, 1.165) is 19.3 Å². The maximum absolute atomic E-state index is 14.1. The van der Waals surface area contributed by atoms with Crippen molar-refractivity contribution in [2.24, 2.45) is 5.92 Å². The number of rotatable bonds is 13. The molecule has 0 aromatic heterocycles. The van der Waals surface area contributed by atoms with Gasteiger partial charge in [-0.2, -0.15) is 0 Å². The fourth-order valence-electron chi connectivity index (χ4n) is 3.94. The Hall–Kier alpha value is -2.77. The molecule has 1 aromatic carbocycles. The number of carbonyl (C=O) groups is 3. The van der Waals surface area contributed by atoms with Crippen LogP contribution in [0.3, 0.4) is 0 Å². The van der Waals surface area contributed by atoms with Crippen molar-refractivity contribution in [2.75, 3.05) is 6.54 Å². The van der Waals surface area contributed by atoms with E-state index in [2.05, 4.69) is 17.6 Å². The summed E-state index contributed by atoms with van der Waals surface area (Å²) in [6.45, 7) is 15.6. The van der Waals surface area contributed by atoms with Crippen LogP contribution in [-0.2, 0) is 14.3 Å². The summed E-state index contributed by atoms with van der Waals surface area (Å²) in [6, 6.07) is 4.30. The highest BCUT2D eigenvalue weighted by atomic mass is 16.6. The van der Waals surface area contributed by atoms with Crippen LogP contribution in [0.15, 0.2) is 24.3 Å². The lowest BCUT2D eigenvalue weighted by Gasteiger charge is -2.38. The number of hydrogen-bond donors (Lipinski definition) is 3. The first-order valence-electron chi connectivity index (χ1n) is 13.2. The molecule has 8 heteroatoms. The summed E-state index contributed by atoms with van der Waals surface area (Å²) in [4.78, 5) is 41.8. The van der Waals surface area contributed by atoms with Gasteiger partial charge in [-0.3, -0.25) is 9.59 Å². The second-order valence-corrected chi connectivity index (χ2v) is 10.8. The van der Waals surface area contributed by atoms with Crippen LogP contribution in [-0.4, -0.2) is 52.1 Å². The fourth-order valence-corrected chi connectivity index (χ4v) is 3.94. The number of ether oxygens (including phenoxy) is 1. The van der Waals surface area contributed by atoms with Gasteiger partial charge in [0.25, 0.3) is 0 Å². The molecule has 3 atom stereocenters. The number of nitrogens with zero attached hydrogens (tertiary/aromatic N) is 1. The molecule has 1 rings (SSSR count). The molecule has 3 N–H and O–H groups in total. The summed E-state index contributed by atoms with van der Waals surface area (Å²) in [6.07, 6.45) is 3.09. The first-order chi connectivity index (χ1) is 16.8. The molecule has 8 nitrogen and oxygen atoms in total. The van der Waals surface area contributed by atoms with Crippen LogP contribution in [0, 0.1) is 5.92 Å². The average Bonchev–Trinajstić information content (AvgIpc) is 2.78. The Kier molecular flexibility index (Phi) is 12.8. The number of hydrogen-bond acceptors (Lipinski definition) is 5. The molecule has 0 saturated carbocycles. The summed E-state index contributed by atoms with van der Waals surface area (Å²) in [5.74, 6) is -0.713. The SMILES string of the molecule is CCCCCNC(=O)C(c1ccccc1O)N(C(=O)C(CC(C)C)NC(=O)OC(C)(C)C)C(C)CC. The van der Waals surface area contributed by atoms with E-state index in [1.807, 2.05) is 27.7 Å². The number of carbonyl (C=O) groups excluding carboxylic acids is 3. The molecular formula is C28H47N3O5. The topological polar surface area (TPSA) is 108 Å². The molecule has 204 valence electrons. The summed E-state index contributed by atoms with van der Waals surface area (Å²) < 4.78 is 5.41. The van der Waals surface area contributed by atoms with E-state index < -0.39 is 23.8 Å². The average molecular weight is 506 g/mol. The van der Waals surface area contributed by atoms with E-state index in [-0.39, 0.29) is 29.5 Å². The quantitative estimate of drug-likeness (QED) is 0.315. The standard InChI is InChI=1S/C28H47N3O5/c1-9-11-14-17-29-25(33)24(21-15-12-13-16-23(21)32)31(20(5)10-2)26(34)22(18-19(3)4)30-27(35)36-28(6,7)8/h12-13,15-16,19-20,22,24,32H,9-11,14,17-18H2,1-8H3,(H,29,33)(H,30,35). The molecule has 3 unspecified atom stereocenters. The van der Waals surface area contributed by atoms with Crippen molar-refractivity contribution in [3.63, 3.8) is 0 Å². The second kappa shape index (κ2) is 14.7. The van der Waals surface area contributed by atoms with E-state index in [4.69, 9.17) is 4.74 Å². The Morgan fingerprint density at radius 2 is 1.69 bits per heavy atom. The molecule has 3 amide bonds. The zero-order chi connectivity index (χ0) is 27.5. The van der Waals surface area contributed by atoms with Crippen molar-refractivity contribution < 1.29 is 24.2 Å². The van der Waals surface area contributed by atoms with Gasteiger partial charge in [-0.05, 0) is 58.9 Å². The third-order valence-electron chi connectivity index (χ3n) is 5.85. The van der Waals surface area contributed by atoms with Gasteiger partial charge in [0.15, 0.2) is 0 Å². The molecule has 36 heavy (non-hydrogen) atoms. The number of phenols is 1. The maximum Gasteiger partial charge on any atom is 0.408 e. The van der Waals surface area contributed by atoms with Gasteiger partial charge in [0.1, 0.15) is 23.4 Å². The van der Waals surface area contributed by atoms with Gasteiger partial charge in [-0.15, -0.1) is 0 Å². The first-order valence-corrected chi connectivity index (χ1v) is 13.2. The Morgan fingerprint density at radius 1 is 1.06 bits per heavy atom. The number of aromatic hydroxyl groups is 1.